The molecule has 0 aliphatic rings. The van der Waals surface area contributed by atoms with Crippen molar-refractivity contribution in [2.45, 2.75) is 27.2 Å². The van der Waals surface area contributed by atoms with Crippen LogP contribution in [-0.2, 0) is 11.2 Å². The molecule has 2 rings (SSSR count). The Morgan fingerprint density at radius 2 is 1.82 bits per heavy atom. The number of carbonyl (C=O) groups excluding carboxylic acids is 1. The summed E-state index contributed by atoms with van der Waals surface area (Å²) >= 11 is 0. The maximum absolute atomic E-state index is 12.3. The van der Waals surface area contributed by atoms with Gasteiger partial charge in [-0.05, 0) is 55.2 Å². The lowest BCUT2D eigenvalue weighted by Crippen LogP contribution is -2.22. The Hall–Kier alpha value is -2.49. The van der Waals surface area contributed by atoms with Gasteiger partial charge in [-0.2, -0.15) is 0 Å². The molecule has 0 spiro atoms. The number of rotatable bonds is 4. The number of hydrogen-bond acceptors (Lipinski definition) is 3. The minimum absolute atomic E-state index is 0.0683. The van der Waals surface area contributed by atoms with Gasteiger partial charge < -0.3 is 15.5 Å². The van der Waals surface area contributed by atoms with Crippen molar-refractivity contribution in [2.75, 3.05) is 5.32 Å². The highest BCUT2D eigenvalue weighted by molar-refractivity contribution is 5.93. The van der Waals surface area contributed by atoms with Crippen LogP contribution in [0.2, 0.25) is 0 Å². The van der Waals surface area contributed by atoms with Crippen LogP contribution in [-0.4, -0.2) is 16.1 Å². The van der Waals surface area contributed by atoms with Crippen LogP contribution in [0.5, 0.6) is 11.5 Å². The summed E-state index contributed by atoms with van der Waals surface area (Å²) in [5.41, 5.74) is 3.75. The number of nitrogens with one attached hydrogen (secondary N) is 1. The summed E-state index contributed by atoms with van der Waals surface area (Å²) in [4.78, 5) is 12.3. The predicted octanol–water partition coefficient (Wildman–Crippen LogP) is 3.53. The van der Waals surface area contributed by atoms with Crippen LogP contribution >= 0.6 is 0 Å². The zero-order valence-electron chi connectivity index (χ0n) is 13.1. The molecule has 22 heavy (non-hydrogen) atoms. The van der Waals surface area contributed by atoms with Crippen molar-refractivity contribution >= 4 is 11.6 Å². The van der Waals surface area contributed by atoms with E-state index in [0.717, 1.165) is 22.4 Å². The van der Waals surface area contributed by atoms with Crippen LogP contribution in [0.15, 0.2) is 36.4 Å². The fraction of sp³-hybridized carbons (Fsp3) is 0.278. The van der Waals surface area contributed by atoms with Gasteiger partial charge in [-0.15, -0.1) is 0 Å². The van der Waals surface area contributed by atoms with E-state index in [1.807, 2.05) is 39.0 Å². The van der Waals surface area contributed by atoms with Gasteiger partial charge in [0, 0.05) is 11.6 Å². The average Bonchev–Trinajstić information content (AvgIpc) is 2.46. The molecule has 1 amide bonds. The molecule has 1 atom stereocenters. The van der Waals surface area contributed by atoms with Crippen LogP contribution in [0.25, 0.3) is 0 Å². The van der Waals surface area contributed by atoms with Crippen molar-refractivity contribution in [1.29, 1.82) is 0 Å². The van der Waals surface area contributed by atoms with E-state index in [2.05, 4.69) is 5.32 Å². The van der Waals surface area contributed by atoms with Crippen LogP contribution in [0.3, 0.4) is 0 Å². The molecule has 0 fully saturated rings. The fourth-order valence-corrected chi connectivity index (χ4v) is 2.27. The number of carbonyl (C=O) groups is 1. The first kappa shape index (κ1) is 15.9. The first-order valence-electron chi connectivity index (χ1n) is 7.26. The number of benzene rings is 2. The second kappa shape index (κ2) is 6.52. The van der Waals surface area contributed by atoms with Crippen molar-refractivity contribution in [2.24, 2.45) is 5.92 Å². The van der Waals surface area contributed by atoms with E-state index in [4.69, 9.17) is 0 Å². The molecular weight excluding hydrogens is 278 g/mol. The zero-order valence-corrected chi connectivity index (χ0v) is 13.1. The van der Waals surface area contributed by atoms with E-state index < -0.39 is 0 Å². The highest BCUT2D eigenvalue weighted by atomic mass is 16.3. The van der Waals surface area contributed by atoms with E-state index in [1.165, 1.54) is 12.1 Å². The van der Waals surface area contributed by atoms with Gasteiger partial charge in [-0.3, -0.25) is 4.79 Å². The summed E-state index contributed by atoms with van der Waals surface area (Å²) in [6.45, 7) is 5.78. The number of anilines is 1. The van der Waals surface area contributed by atoms with E-state index >= 15 is 0 Å². The highest BCUT2D eigenvalue weighted by Crippen LogP contribution is 2.26. The molecule has 3 N–H and O–H groups in total. The number of hydrogen-bond donors (Lipinski definition) is 3. The Kier molecular flexibility index (Phi) is 4.71. The Morgan fingerprint density at radius 1 is 1.09 bits per heavy atom. The molecule has 116 valence electrons. The number of aromatic hydroxyl groups is 2. The Balaban J connectivity index is 2.05. The Morgan fingerprint density at radius 3 is 2.50 bits per heavy atom. The monoisotopic (exact) mass is 299 g/mol. The molecule has 2 aromatic rings. The third-order valence-corrected chi connectivity index (χ3v) is 3.68. The van der Waals surface area contributed by atoms with E-state index in [9.17, 15) is 15.0 Å². The van der Waals surface area contributed by atoms with Gasteiger partial charge in [-0.1, -0.05) is 25.1 Å². The van der Waals surface area contributed by atoms with E-state index in [-0.39, 0.29) is 23.3 Å². The third kappa shape index (κ3) is 3.79. The van der Waals surface area contributed by atoms with Crippen LogP contribution < -0.4 is 5.32 Å². The second-order valence-electron chi connectivity index (χ2n) is 5.74. The van der Waals surface area contributed by atoms with Gasteiger partial charge in [-0.25, -0.2) is 0 Å². The molecule has 0 aromatic heterocycles. The van der Waals surface area contributed by atoms with Crippen LogP contribution in [0.4, 0.5) is 5.69 Å². The maximum atomic E-state index is 12.3. The average molecular weight is 299 g/mol. The summed E-state index contributed by atoms with van der Waals surface area (Å²) in [6, 6.07) is 10.6. The quantitative estimate of drug-likeness (QED) is 0.756. The van der Waals surface area contributed by atoms with Crippen molar-refractivity contribution in [1.82, 2.24) is 0 Å². The minimum Gasteiger partial charge on any atom is -0.504 e. The van der Waals surface area contributed by atoms with Crippen LogP contribution in [0.1, 0.15) is 23.6 Å². The Labute approximate surface area is 130 Å². The predicted molar refractivity (Wildman–Crippen MR) is 87.2 cm³/mol. The van der Waals surface area contributed by atoms with E-state index in [1.54, 1.807) is 6.07 Å². The van der Waals surface area contributed by atoms with Crippen molar-refractivity contribution in [3.8, 4) is 11.5 Å². The second-order valence-corrected chi connectivity index (χ2v) is 5.74. The lowest BCUT2D eigenvalue weighted by molar-refractivity contribution is -0.119. The lowest BCUT2D eigenvalue weighted by Gasteiger charge is -2.14. The molecule has 2 aromatic carbocycles. The molecule has 4 heteroatoms. The van der Waals surface area contributed by atoms with Gasteiger partial charge in [0.2, 0.25) is 5.91 Å². The summed E-state index contributed by atoms with van der Waals surface area (Å²) in [5.74, 6) is -0.638. The van der Waals surface area contributed by atoms with Crippen molar-refractivity contribution < 1.29 is 15.0 Å². The van der Waals surface area contributed by atoms with Gasteiger partial charge in [0.25, 0.3) is 0 Å². The molecule has 0 bridgehead atoms. The minimum atomic E-state index is -0.246. The van der Waals surface area contributed by atoms with Crippen molar-refractivity contribution in [3.63, 3.8) is 0 Å². The lowest BCUT2D eigenvalue weighted by atomic mass is 9.99. The van der Waals surface area contributed by atoms with Crippen LogP contribution in [0, 0.1) is 19.8 Å². The SMILES string of the molecule is Cc1ccc(C)c(NC(=O)C(C)Cc2ccc(O)c(O)c2)c1. The standard InChI is InChI=1S/C18H21NO3/c1-11-4-5-12(2)15(8-11)19-18(22)13(3)9-14-6-7-16(20)17(21)10-14/h4-8,10,13,20-21H,9H2,1-3H3,(H,19,22). The third-order valence-electron chi connectivity index (χ3n) is 3.68. The number of aryl methyl sites for hydroxylation is 2. The molecular formula is C18H21NO3. The Bertz CT molecular complexity index is 695. The zero-order chi connectivity index (χ0) is 16.3. The molecule has 0 aliphatic carbocycles. The number of phenols is 2. The fourth-order valence-electron chi connectivity index (χ4n) is 2.27. The summed E-state index contributed by atoms with van der Waals surface area (Å²) in [5, 5.41) is 21.8. The highest BCUT2D eigenvalue weighted by Gasteiger charge is 2.15. The van der Waals surface area contributed by atoms with Gasteiger partial charge in [0.15, 0.2) is 11.5 Å². The summed E-state index contributed by atoms with van der Waals surface area (Å²) in [7, 11) is 0. The first-order valence-corrected chi connectivity index (χ1v) is 7.26. The maximum Gasteiger partial charge on any atom is 0.227 e. The summed E-state index contributed by atoms with van der Waals surface area (Å²) in [6.07, 6.45) is 0.491. The molecule has 0 saturated carbocycles. The smallest absolute Gasteiger partial charge is 0.227 e. The molecule has 0 saturated heterocycles. The number of amides is 1. The molecule has 1 unspecified atom stereocenters. The first-order chi connectivity index (χ1) is 10.4. The molecule has 0 aliphatic heterocycles. The van der Waals surface area contributed by atoms with E-state index in [0.29, 0.717) is 6.42 Å². The normalized spacial score (nSPS) is 12.0. The number of phenolic OH excluding ortho intramolecular Hbond substituents is 2. The molecule has 4 nitrogen and oxygen atoms in total. The van der Waals surface area contributed by atoms with Gasteiger partial charge in [0.05, 0.1) is 0 Å². The largest absolute Gasteiger partial charge is 0.504 e. The van der Waals surface area contributed by atoms with Gasteiger partial charge in [0.1, 0.15) is 0 Å². The van der Waals surface area contributed by atoms with Gasteiger partial charge >= 0.3 is 0 Å². The summed E-state index contributed by atoms with van der Waals surface area (Å²) < 4.78 is 0. The van der Waals surface area contributed by atoms with Crippen molar-refractivity contribution in [3.05, 3.63) is 53.1 Å². The molecule has 0 heterocycles. The topological polar surface area (TPSA) is 69.6 Å². The molecule has 0 radical (unpaired) electrons.